The van der Waals surface area contributed by atoms with E-state index in [4.69, 9.17) is 4.74 Å². The maximum atomic E-state index is 13.9. The molecule has 12 nitrogen and oxygen atoms in total. The van der Waals surface area contributed by atoms with Crippen molar-refractivity contribution in [2.45, 2.75) is 87.8 Å². The van der Waals surface area contributed by atoms with E-state index in [0.29, 0.717) is 46.9 Å². The third-order valence-corrected chi connectivity index (χ3v) is 16.4. The van der Waals surface area contributed by atoms with Crippen LogP contribution in [0.4, 0.5) is 5.69 Å². The Morgan fingerprint density at radius 1 is 1.03 bits per heavy atom. The number of likely N-dealkylation sites (N-methyl/N-ethyl adjacent to an activating group) is 1. The fourth-order valence-corrected chi connectivity index (χ4v) is 12.7. The average molecular weight is 911 g/mol. The van der Waals surface area contributed by atoms with Crippen LogP contribution >= 0.6 is 23.3 Å². The number of pyridine rings is 1. The van der Waals surface area contributed by atoms with Gasteiger partial charge in [0.15, 0.2) is 0 Å². The van der Waals surface area contributed by atoms with Crippen molar-refractivity contribution in [3.63, 3.8) is 0 Å². The lowest BCUT2D eigenvalue weighted by atomic mass is 9.59. The van der Waals surface area contributed by atoms with Gasteiger partial charge in [0.1, 0.15) is 17.1 Å². The molecular weight excluding hydrogens is 853 g/mol. The average Bonchev–Trinajstić information content (AvgIpc) is 4.01. The van der Waals surface area contributed by atoms with Gasteiger partial charge in [-0.15, -0.1) is 11.3 Å². The van der Waals surface area contributed by atoms with Crippen LogP contribution in [-0.4, -0.2) is 93.7 Å². The second kappa shape index (κ2) is 18.6. The highest BCUT2D eigenvalue weighted by Gasteiger charge is 2.50. The van der Waals surface area contributed by atoms with E-state index in [2.05, 4.69) is 102 Å². The second-order valence-electron chi connectivity index (χ2n) is 18.8. The summed E-state index contributed by atoms with van der Waals surface area (Å²) in [5, 5.41) is 19.1. The van der Waals surface area contributed by atoms with Crippen molar-refractivity contribution in [1.82, 2.24) is 29.8 Å². The monoisotopic (exact) mass is 910 g/mol. The zero-order valence-electron chi connectivity index (χ0n) is 37.3. The number of hydrogen-bond donors (Lipinski definition) is 3. The number of aromatic nitrogens is 2. The number of rotatable bonds is 13. The van der Waals surface area contributed by atoms with Crippen molar-refractivity contribution in [2.75, 3.05) is 44.7 Å². The van der Waals surface area contributed by atoms with Crippen LogP contribution in [0.3, 0.4) is 0 Å². The van der Waals surface area contributed by atoms with Gasteiger partial charge >= 0.3 is 0 Å². The molecule has 3 aromatic heterocycles. The Bertz CT molecular complexity index is 2700. The number of piperazine rings is 1. The van der Waals surface area contributed by atoms with E-state index in [1.807, 2.05) is 60.0 Å². The first-order valence-electron chi connectivity index (χ1n) is 23.1. The molecule has 3 N–H and O–H groups in total. The number of H-pyrrole nitrogens is 1. The van der Waals surface area contributed by atoms with E-state index in [1.54, 1.807) is 13.2 Å². The van der Waals surface area contributed by atoms with E-state index in [9.17, 15) is 14.9 Å². The largest absolute Gasteiger partial charge is 0.455 e. The topological polar surface area (TPSA) is 132 Å². The number of nitrogens with zero attached hydrogens (tertiary/aromatic N) is 5. The Morgan fingerprint density at radius 2 is 1.88 bits per heavy atom. The van der Waals surface area contributed by atoms with Gasteiger partial charge in [0.2, 0.25) is 6.04 Å². The predicted molar refractivity (Wildman–Crippen MR) is 263 cm³/mol. The highest BCUT2D eigenvalue weighted by Crippen LogP contribution is 2.53. The standard InChI is InChI=1S/C51H58N8O4S2/c1-33(2)40-8-4-5-9-42(40)46-32-56(31-35-7-6-10-48-41(35)16-24-64-48)22-23-58(46)37-28-51(29-37)17-20-57(21-18-51)36-11-13-43(47(26-36)63-38-25-34-15-19-53-49(34)54-30-38)50(60)55-65-39-12-14-44(52-3)45(27-39)59(61)62/h4-16,19,24-26,30,33,37,39,44-46,52H,17-18,20-23,27-29,31-32H2,1-3H3,(H,53,54)(H,55,60). The number of carbonyl (C=O) groups excluding carboxylic acids is 1. The molecular formula is C51H58N8O4S2. The number of thiophene rings is 1. The number of nitro groups is 1. The summed E-state index contributed by atoms with van der Waals surface area (Å²) in [4.78, 5) is 41.1. The first-order chi connectivity index (χ1) is 31.6. The first kappa shape index (κ1) is 43.6. The lowest BCUT2D eigenvalue weighted by Gasteiger charge is -2.58. The van der Waals surface area contributed by atoms with Gasteiger partial charge in [-0.05, 0) is 120 Å². The van der Waals surface area contributed by atoms with Gasteiger partial charge in [-0.3, -0.25) is 29.4 Å². The van der Waals surface area contributed by atoms with Gasteiger partial charge in [0.05, 0.1) is 17.8 Å². The predicted octanol–water partition coefficient (Wildman–Crippen LogP) is 9.94. The van der Waals surface area contributed by atoms with Crippen molar-refractivity contribution < 1.29 is 14.5 Å². The molecule has 6 aromatic rings. The van der Waals surface area contributed by atoms with Crippen LogP contribution in [0.25, 0.3) is 21.1 Å². The number of aromatic amines is 1. The molecule has 2 aliphatic heterocycles. The van der Waals surface area contributed by atoms with Crippen LogP contribution in [0, 0.1) is 15.5 Å². The van der Waals surface area contributed by atoms with E-state index >= 15 is 0 Å². The van der Waals surface area contributed by atoms with Crippen molar-refractivity contribution in [3.8, 4) is 11.5 Å². The number of fused-ring (bicyclic) bond motifs is 2. The molecule has 2 saturated heterocycles. The number of benzene rings is 3. The van der Waals surface area contributed by atoms with Gasteiger partial charge in [-0.25, -0.2) is 4.98 Å². The molecule has 338 valence electrons. The summed E-state index contributed by atoms with van der Waals surface area (Å²) in [7, 11) is 1.72. The van der Waals surface area contributed by atoms with Crippen molar-refractivity contribution in [1.29, 1.82) is 0 Å². The minimum Gasteiger partial charge on any atom is -0.455 e. The number of hydrogen-bond acceptors (Lipinski definition) is 11. The molecule has 1 spiro atoms. The Labute approximate surface area is 389 Å². The van der Waals surface area contributed by atoms with E-state index in [1.165, 1.54) is 51.6 Å². The molecule has 2 aliphatic carbocycles. The summed E-state index contributed by atoms with van der Waals surface area (Å²) in [6.45, 7) is 10.7. The molecule has 3 aromatic carbocycles. The number of anilines is 1. The minimum atomic E-state index is -0.772. The molecule has 5 heterocycles. The first-order valence-corrected chi connectivity index (χ1v) is 24.9. The smallest absolute Gasteiger partial charge is 0.264 e. The normalized spacial score (nSPS) is 22.7. The lowest BCUT2D eigenvalue weighted by molar-refractivity contribution is -0.526. The van der Waals surface area contributed by atoms with Gasteiger partial charge in [0.25, 0.3) is 5.91 Å². The third-order valence-electron chi connectivity index (χ3n) is 14.6. The van der Waals surface area contributed by atoms with Crippen LogP contribution in [0.2, 0.25) is 0 Å². The molecule has 65 heavy (non-hydrogen) atoms. The van der Waals surface area contributed by atoms with Gasteiger partial charge in [-0.1, -0.05) is 62.4 Å². The van der Waals surface area contributed by atoms with Crippen LogP contribution in [0.5, 0.6) is 11.5 Å². The SMILES string of the molecule is CNC1C=CC(SNC(=O)c2ccc(N3CCC4(CC3)CC(N3CCN(Cc5cccc6sccc56)CC3c3ccccc3C(C)C)C4)cc2Oc2cnc3[nH]ccc3c2)CC1[N+](=O)[O-]. The number of piperidine rings is 1. The zero-order valence-corrected chi connectivity index (χ0v) is 39.0. The summed E-state index contributed by atoms with van der Waals surface area (Å²) in [6, 6.07) is 27.7. The van der Waals surface area contributed by atoms with Crippen LogP contribution in [-0.2, 0) is 6.54 Å². The number of carbonyl (C=O) groups is 1. The lowest BCUT2D eigenvalue weighted by Crippen LogP contribution is -2.60. The second-order valence-corrected chi connectivity index (χ2v) is 20.8. The van der Waals surface area contributed by atoms with Crippen molar-refractivity contribution >= 4 is 56.0 Å². The number of ether oxygens (including phenoxy) is 1. The van der Waals surface area contributed by atoms with E-state index < -0.39 is 6.04 Å². The van der Waals surface area contributed by atoms with Crippen molar-refractivity contribution in [3.05, 3.63) is 141 Å². The minimum absolute atomic E-state index is 0.238. The quantitative estimate of drug-likeness (QED) is 0.0446. The molecule has 1 amide bonds. The highest BCUT2D eigenvalue weighted by atomic mass is 32.2. The number of nitrogens with one attached hydrogen (secondary N) is 3. The zero-order chi connectivity index (χ0) is 44.7. The molecule has 4 unspecified atom stereocenters. The molecule has 0 bridgehead atoms. The number of amides is 1. The maximum Gasteiger partial charge on any atom is 0.264 e. The Morgan fingerprint density at radius 3 is 2.69 bits per heavy atom. The molecule has 14 heteroatoms. The third kappa shape index (κ3) is 9.03. The van der Waals surface area contributed by atoms with Crippen LogP contribution in [0.1, 0.15) is 85.0 Å². The Kier molecular flexibility index (Phi) is 12.5. The van der Waals surface area contributed by atoms with Crippen molar-refractivity contribution in [2.24, 2.45) is 5.41 Å². The fourth-order valence-electron chi connectivity index (χ4n) is 11.0. The summed E-state index contributed by atoms with van der Waals surface area (Å²) in [5.41, 5.74) is 6.89. The highest BCUT2D eigenvalue weighted by molar-refractivity contribution is 7.98. The van der Waals surface area contributed by atoms with Gasteiger partial charge < -0.3 is 19.9 Å². The summed E-state index contributed by atoms with van der Waals surface area (Å²) in [5.74, 6) is 1.12. The molecule has 4 aliphatic rings. The molecule has 1 saturated carbocycles. The van der Waals surface area contributed by atoms with Crippen LogP contribution in [0.15, 0.2) is 109 Å². The molecule has 3 fully saturated rings. The van der Waals surface area contributed by atoms with Gasteiger partial charge in [0, 0.05) is 96.0 Å². The van der Waals surface area contributed by atoms with E-state index in [0.717, 1.165) is 68.8 Å². The summed E-state index contributed by atoms with van der Waals surface area (Å²) in [6.07, 6.45) is 12.3. The van der Waals surface area contributed by atoms with E-state index in [-0.39, 0.29) is 22.1 Å². The Hall–Kier alpha value is -5.25. The van der Waals surface area contributed by atoms with Crippen LogP contribution < -0.4 is 19.7 Å². The van der Waals surface area contributed by atoms with Gasteiger partial charge in [-0.2, -0.15) is 0 Å². The summed E-state index contributed by atoms with van der Waals surface area (Å²) >= 11 is 3.03. The molecule has 4 atom stereocenters. The maximum absolute atomic E-state index is 13.9. The molecule has 10 rings (SSSR count). The fraction of sp³-hybridized carbons (Fsp3) is 0.412. The molecule has 0 radical (unpaired) electrons. The summed E-state index contributed by atoms with van der Waals surface area (Å²) < 4.78 is 10.8. The Balaban J connectivity index is 0.826.